The molecule has 6 heteroatoms. The second-order valence-corrected chi connectivity index (χ2v) is 36.3. The van der Waals surface area contributed by atoms with Crippen LogP contribution in [0.3, 0.4) is 0 Å². The first-order valence-corrected chi connectivity index (χ1v) is 48.6. The van der Waals surface area contributed by atoms with Crippen LogP contribution in [0.4, 0.5) is 68.2 Å². The number of hydrogen-bond donors (Lipinski definition) is 0. The summed E-state index contributed by atoms with van der Waals surface area (Å²) in [6, 6.07) is 208. The van der Waals surface area contributed by atoms with Crippen molar-refractivity contribution in [1.82, 2.24) is 9.13 Å². The Bertz CT molecular complexity index is 8480. The zero-order chi connectivity index (χ0) is 94.2. The monoisotopic (exact) mass is 1810 g/mol. The summed E-state index contributed by atoms with van der Waals surface area (Å²) in [5, 5.41) is 7.23. The molecule has 23 aromatic carbocycles. The van der Waals surface area contributed by atoms with E-state index in [4.69, 9.17) is 0 Å². The quantitative estimate of drug-likeness (QED) is 0.0637. The van der Waals surface area contributed by atoms with Crippen LogP contribution in [0.1, 0.15) is 0 Å². The van der Waals surface area contributed by atoms with Crippen molar-refractivity contribution in [2.45, 2.75) is 0 Å². The lowest BCUT2D eigenvalue weighted by Crippen LogP contribution is -2.11. The highest BCUT2D eigenvalue weighted by Crippen LogP contribution is 2.49. The molecule has 0 saturated heterocycles. The molecule has 25 rings (SSSR count). The Balaban J connectivity index is 0.509. The lowest BCUT2D eigenvalue weighted by atomic mass is 9.96. The maximum atomic E-state index is 2.43. The van der Waals surface area contributed by atoms with Gasteiger partial charge in [-0.3, -0.25) is 0 Å². The molecule has 25 aromatic rings. The first-order valence-electron chi connectivity index (χ1n) is 48.6. The predicted molar refractivity (Wildman–Crippen MR) is 600 cm³/mol. The molecule has 6 nitrogen and oxygen atoms in total. The van der Waals surface area contributed by atoms with Crippen molar-refractivity contribution < 1.29 is 0 Å². The molecule has 0 bridgehead atoms. The minimum Gasteiger partial charge on any atom is -0.311 e. The van der Waals surface area contributed by atoms with E-state index in [1.807, 2.05) is 0 Å². The van der Waals surface area contributed by atoms with Crippen molar-refractivity contribution >= 4 is 123 Å². The largest absolute Gasteiger partial charge is 0.311 e. The Morgan fingerprint density at radius 1 is 0.120 bits per heavy atom. The molecule has 0 unspecified atom stereocenters. The summed E-state index contributed by atoms with van der Waals surface area (Å²) in [6.07, 6.45) is 0. The third kappa shape index (κ3) is 16.3. The van der Waals surface area contributed by atoms with Gasteiger partial charge in [-0.1, -0.05) is 370 Å². The number of aromatic nitrogens is 2. The Kier molecular flexibility index (Phi) is 22.3. The van der Waals surface area contributed by atoms with Crippen LogP contribution in [0, 0.1) is 0 Å². The molecule has 2 heterocycles. The van der Waals surface area contributed by atoms with Crippen molar-refractivity contribution in [3.63, 3.8) is 0 Å². The van der Waals surface area contributed by atoms with Gasteiger partial charge in [-0.15, -0.1) is 0 Å². The maximum Gasteiger partial charge on any atom is 0.0541 e. The van der Waals surface area contributed by atoms with E-state index in [9.17, 15) is 0 Å². The van der Waals surface area contributed by atoms with E-state index < -0.39 is 0 Å². The molecule has 0 amide bonds. The van der Waals surface area contributed by atoms with Crippen LogP contribution in [0.5, 0.6) is 0 Å². The summed E-state index contributed by atoms with van der Waals surface area (Å²) < 4.78 is 4.80. The van der Waals surface area contributed by atoms with Crippen molar-refractivity contribution in [1.29, 1.82) is 0 Å². The molecule has 0 fully saturated rings. The molecule has 0 saturated carbocycles. The van der Waals surface area contributed by atoms with E-state index in [1.165, 1.54) is 49.1 Å². The molecule has 0 spiro atoms. The molecule has 2 aromatic heterocycles. The van der Waals surface area contributed by atoms with Crippen LogP contribution in [0.25, 0.3) is 166 Å². The Labute approximate surface area is 827 Å². The van der Waals surface area contributed by atoms with Gasteiger partial charge in [0.2, 0.25) is 0 Å². The van der Waals surface area contributed by atoms with Crippen LogP contribution >= 0.6 is 0 Å². The number of hydrogen-bond acceptors (Lipinski definition) is 4. The van der Waals surface area contributed by atoms with Crippen molar-refractivity contribution in [3.8, 4) is 112 Å². The molecule has 0 N–H and O–H groups in total. The predicted octanol–water partition coefficient (Wildman–Crippen LogP) is 37.9. The summed E-state index contributed by atoms with van der Waals surface area (Å²) in [6.45, 7) is 0. The van der Waals surface area contributed by atoms with Gasteiger partial charge in [0.25, 0.3) is 0 Å². The molecule has 0 atom stereocenters. The second-order valence-electron chi connectivity index (χ2n) is 36.3. The fourth-order valence-corrected chi connectivity index (χ4v) is 20.9. The fourth-order valence-electron chi connectivity index (χ4n) is 20.9. The Morgan fingerprint density at radius 3 is 0.732 bits per heavy atom. The SMILES string of the molecule is c1ccc(-c2ccc(N(c3ccc(-c4ccc(-n5c6ccccc6c6ccccc65)cc4)cc3)c3ccc(-c4ccc(-n5c6ccccc6c6cc(-c7cccc8cc(N(c9ccc(-c%10ccc(-c%11ccc(N(c%12ccccc%12)c%12ccccc%12)cc%11)cc%10)cc9)c9ccc(-c%10ccc(-c%11ccc(N(c%12ccccc%12)c%12ccccc%12)cc%11)cc%10)cc9)ccc78)ccc65)cc4)cc3)c(-c3ccccc3)c2)cc1. The van der Waals surface area contributed by atoms with Gasteiger partial charge in [0.05, 0.1) is 27.8 Å². The van der Waals surface area contributed by atoms with Crippen LogP contribution < -0.4 is 19.6 Å². The van der Waals surface area contributed by atoms with Gasteiger partial charge in [0.1, 0.15) is 0 Å². The average Bonchev–Trinajstić information content (AvgIpc) is 1.58. The topological polar surface area (TPSA) is 22.8 Å². The third-order valence-corrected chi connectivity index (χ3v) is 27.9. The van der Waals surface area contributed by atoms with E-state index in [-0.39, 0.29) is 0 Å². The number of para-hydroxylation sites is 7. The van der Waals surface area contributed by atoms with Crippen LogP contribution in [0.2, 0.25) is 0 Å². The van der Waals surface area contributed by atoms with Gasteiger partial charge >= 0.3 is 0 Å². The zero-order valence-electron chi connectivity index (χ0n) is 78.0. The minimum absolute atomic E-state index is 1.05. The van der Waals surface area contributed by atoms with Crippen LogP contribution in [-0.2, 0) is 0 Å². The summed E-state index contributed by atoms with van der Waals surface area (Å²) in [7, 11) is 0. The summed E-state index contributed by atoms with van der Waals surface area (Å²) in [4.78, 5) is 9.42. The molecular weight excluding hydrogens is 1720 g/mol. The molecule has 0 radical (unpaired) electrons. The molecular formula is C136H94N6. The Hall–Kier alpha value is -18.9. The normalized spacial score (nSPS) is 11.4. The summed E-state index contributed by atoms with van der Waals surface area (Å²) in [5.74, 6) is 0. The molecule has 142 heavy (non-hydrogen) atoms. The molecule has 668 valence electrons. The number of fused-ring (bicyclic) bond motifs is 7. The van der Waals surface area contributed by atoms with Gasteiger partial charge in [-0.2, -0.15) is 0 Å². The lowest BCUT2D eigenvalue weighted by Gasteiger charge is -2.29. The van der Waals surface area contributed by atoms with E-state index in [0.717, 1.165) is 185 Å². The van der Waals surface area contributed by atoms with Gasteiger partial charge in [0, 0.05) is 101 Å². The summed E-state index contributed by atoms with van der Waals surface area (Å²) >= 11 is 0. The van der Waals surface area contributed by atoms with Crippen molar-refractivity contribution in [2.24, 2.45) is 0 Å². The summed E-state index contributed by atoms with van der Waals surface area (Å²) in [5.41, 5.74) is 40.7. The van der Waals surface area contributed by atoms with Crippen molar-refractivity contribution in [2.75, 3.05) is 19.6 Å². The second kappa shape index (κ2) is 37.3. The molecule has 0 aliphatic carbocycles. The Morgan fingerprint density at radius 2 is 0.373 bits per heavy atom. The first-order chi connectivity index (χ1) is 70.4. The number of benzene rings is 23. The van der Waals surface area contributed by atoms with Gasteiger partial charge in [-0.05, 0) is 306 Å². The molecule has 0 aliphatic heterocycles. The van der Waals surface area contributed by atoms with E-state index in [2.05, 4.69) is 599 Å². The van der Waals surface area contributed by atoms with Crippen LogP contribution in [0.15, 0.2) is 570 Å². The zero-order valence-corrected chi connectivity index (χ0v) is 78.0. The fraction of sp³-hybridized carbons (Fsp3) is 0. The van der Waals surface area contributed by atoms with Gasteiger partial charge in [0.15, 0.2) is 0 Å². The van der Waals surface area contributed by atoms with Crippen LogP contribution in [-0.4, -0.2) is 9.13 Å². The highest BCUT2D eigenvalue weighted by Gasteiger charge is 2.25. The van der Waals surface area contributed by atoms with E-state index in [0.29, 0.717) is 0 Å². The van der Waals surface area contributed by atoms with E-state index in [1.54, 1.807) is 0 Å². The minimum atomic E-state index is 1.05. The highest BCUT2D eigenvalue weighted by molar-refractivity contribution is 6.13. The molecule has 0 aliphatic rings. The number of anilines is 12. The number of nitrogens with zero attached hydrogens (tertiary/aromatic N) is 6. The third-order valence-electron chi connectivity index (χ3n) is 27.9. The standard InChI is InChI=1S/C136H94N6/c1-7-26-95(27-8-1)109-70-90-135(130(93-109)108-28-9-2-10-29-108)140(120-80-62-104(63-81-120)106-66-84-122(85-67-106)141-132-43-22-19-39-127(132)128-40-20-23-44-133(128)141)121-82-64-105(65-83-121)107-68-86-123(87-69-107)142-134-45-24-21-41-129(134)131-94-111(71-91-136(131)142)125-42-25-30-110-92-124(88-89-126(110)125)139(118-76-58-102(59-77-118)98-50-46-96(47-51-98)100-54-72-116(73-55-100)137(112-31-11-3-12-32-112)113-33-13-4-14-34-113)119-78-60-103(61-79-119)99-52-48-97(49-53-99)101-56-74-117(75-57-101)138(114-35-15-5-16-36-114)115-37-17-6-18-38-115/h1-94H. The van der Waals surface area contributed by atoms with Gasteiger partial charge in [-0.25, -0.2) is 0 Å². The highest BCUT2D eigenvalue weighted by atomic mass is 15.2. The van der Waals surface area contributed by atoms with Gasteiger partial charge < -0.3 is 28.7 Å². The first kappa shape index (κ1) is 84.8. The lowest BCUT2D eigenvalue weighted by molar-refractivity contribution is 1.18. The average molecular weight is 1810 g/mol. The maximum absolute atomic E-state index is 2.43. The van der Waals surface area contributed by atoms with E-state index >= 15 is 0 Å². The smallest absolute Gasteiger partial charge is 0.0541 e. The number of rotatable bonds is 23. The van der Waals surface area contributed by atoms with Crippen molar-refractivity contribution in [3.05, 3.63) is 570 Å².